The third-order valence-corrected chi connectivity index (χ3v) is 14.7. The Kier molecular flexibility index (Phi) is 11.9. The zero-order valence-corrected chi connectivity index (χ0v) is 42.2. The van der Waals surface area contributed by atoms with E-state index >= 15 is 0 Å². The van der Waals surface area contributed by atoms with Gasteiger partial charge < -0.3 is 0 Å². The summed E-state index contributed by atoms with van der Waals surface area (Å²) in [6.07, 6.45) is 18.9. The third kappa shape index (κ3) is 8.34. The lowest BCUT2D eigenvalue weighted by atomic mass is 9.87. The van der Waals surface area contributed by atoms with E-state index in [1.54, 1.807) is 0 Å². The smallest absolute Gasteiger partial charge is 0.0334 e. The van der Waals surface area contributed by atoms with Crippen molar-refractivity contribution in [2.75, 3.05) is 0 Å². The predicted octanol–water partition coefficient (Wildman–Crippen LogP) is 17.8. The summed E-state index contributed by atoms with van der Waals surface area (Å²) < 4.78 is 0. The molecule has 0 bridgehead atoms. The molecule has 0 aliphatic heterocycles. The zero-order valence-electron chi connectivity index (χ0n) is 42.2. The van der Waals surface area contributed by atoms with Crippen LogP contribution in [0.15, 0.2) is 237 Å². The van der Waals surface area contributed by atoms with E-state index < -0.39 is 0 Å². The fourth-order valence-electron chi connectivity index (χ4n) is 11.2. The topological polar surface area (TPSA) is 0 Å². The van der Waals surface area contributed by atoms with Crippen molar-refractivity contribution < 1.29 is 0 Å². The van der Waals surface area contributed by atoms with E-state index in [-0.39, 0.29) is 0 Å². The molecule has 0 amide bonds. The van der Waals surface area contributed by atoms with Crippen LogP contribution in [0.25, 0.3) is 98.0 Å². The summed E-state index contributed by atoms with van der Waals surface area (Å²) in [7, 11) is 0. The van der Waals surface area contributed by atoms with Crippen LogP contribution in [-0.2, 0) is 0 Å². The predicted molar refractivity (Wildman–Crippen MR) is 329 cm³/mol. The Morgan fingerprint density at radius 1 is 0.192 bits per heavy atom. The fourth-order valence-corrected chi connectivity index (χ4v) is 11.2. The molecule has 0 N–H and O–H groups in total. The molecule has 13 aromatic carbocycles. The van der Waals surface area contributed by atoms with Crippen molar-refractivity contribution >= 4 is 64.6 Å². The highest BCUT2D eigenvalue weighted by molar-refractivity contribution is 6.12. The largest absolute Gasteiger partial charge is 0.115 e. The normalized spacial score (nSPS) is 10.7. The van der Waals surface area contributed by atoms with Crippen molar-refractivity contribution in [3.05, 3.63) is 287 Å². The maximum absolute atomic E-state index is 6.30. The lowest BCUT2D eigenvalue weighted by molar-refractivity contribution is 1.55. The van der Waals surface area contributed by atoms with Crippen LogP contribution in [0.3, 0.4) is 0 Å². The van der Waals surface area contributed by atoms with Gasteiger partial charge in [-0.15, -0.1) is 19.3 Å². The van der Waals surface area contributed by atoms with Gasteiger partial charge in [-0.25, -0.2) is 0 Å². The van der Waals surface area contributed by atoms with E-state index in [9.17, 15) is 0 Å². The number of fused-ring (bicyclic) bond motifs is 6. The molecule has 0 aliphatic carbocycles. The van der Waals surface area contributed by atoms with Crippen molar-refractivity contribution in [2.45, 2.75) is 0 Å². The van der Waals surface area contributed by atoms with Gasteiger partial charge in [0, 0.05) is 83.5 Å². The van der Waals surface area contributed by atoms with Crippen molar-refractivity contribution in [3.8, 4) is 106 Å². The standard InChI is InChI=1S/C78H42/c1-4-55-37-40-58-19-7-13-25-67(58)73(55)76-64(46-43-61-22-10-16-28-70(61)76)34-31-52-49-53(32-35-65-47-44-62-23-11-17-29-71(62)77(65)74-56(5-2)38-41-59-20-8-14-26-68(59)74)51-54(50-52)33-36-66-48-45-63-24-12-18-30-72(63)78(66)75-57(6-3)39-42-60-21-9-15-27-69(60)75/h1-3,7-30,37-51H. The highest BCUT2D eigenvalue weighted by Crippen LogP contribution is 2.42. The van der Waals surface area contributed by atoms with Gasteiger partial charge in [0.2, 0.25) is 0 Å². The Morgan fingerprint density at radius 3 is 0.603 bits per heavy atom. The SMILES string of the molecule is C#Cc1ccc2ccccc2c1-c1c(C#Cc2cc(C#Cc3ccc4ccccc4c3-c3c(C#C)ccc4ccccc34)cc(C#Cc3ccc4ccccc4c3-c3c(C#C)ccc4ccccc34)c2)ccc2ccccc12. The zero-order chi connectivity index (χ0) is 52.5. The molecule has 0 unspecified atom stereocenters. The first kappa shape index (κ1) is 46.6. The van der Waals surface area contributed by atoms with Gasteiger partial charge in [-0.05, 0) is 119 Å². The number of hydrogen-bond donors (Lipinski definition) is 0. The summed E-state index contributed by atoms with van der Waals surface area (Å²) in [5, 5.41) is 13.0. The second-order valence-corrected chi connectivity index (χ2v) is 19.2. The number of hydrogen-bond acceptors (Lipinski definition) is 0. The average molecular weight is 979 g/mol. The molecule has 0 aromatic heterocycles. The van der Waals surface area contributed by atoms with Crippen LogP contribution in [0.1, 0.15) is 50.1 Å². The molecule has 0 saturated carbocycles. The minimum absolute atomic E-state index is 0.755. The molecule has 78 heavy (non-hydrogen) atoms. The molecule has 13 rings (SSSR count). The Hall–Kier alpha value is -11.2. The van der Waals surface area contributed by atoms with Crippen LogP contribution in [0.2, 0.25) is 0 Å². The summed E-state index contributed by atoms with van der Waals surface area (Å²) in [5.41, 5.74) is 13.2. The quantitative estimate of drug-likeness (QED) is 0.155. The number of terminal acetylenes is 3. The summed E-state index contributed by atoms with van der Waals surface area (Å²) in [6, 6.07) is 81.6. The average Bonchev–Trinajstić information content (AvgIpc) is 3.57. The fraction of sp³-hybridized carbons (Fsp3) is 0. The maximum atomic E-state index is 6.30. The van der Waals surface area contributed by atoms with E-state index in [0.717, 1.165) is 148 Å². The monoisotopic (exact) mass is 978 g/mol. The first-order chi connectivity index (χ1) is 38.5. The Morgan fingerprint density at radius 2 is 0.385 bits per heavy atom. The molecular weight excluding hydrogens is 937 g/mol. The van der Waals surface area contributed by atoms with Crippen molar-refractivity contribution in [2.24, 2.45) is 0 Å². The number of benzene rings is 13. The van der Waals surface area contributed by atoms with Gasteiger partial charge in [0.15, 0.2) is 0 Å². The molecule has 0 heteroatoms. The molecule has 13 aromatic rings. The Labute approximate surface area is 454 Å². The molecule has 0 heterocycles. The van der Waals surface area contributed by atoms with Crippen LogP contribution >= 0.6 is 0 Å². The van der Waals surface area contributed by atoms with Gasteiger partial charge in [0.1, 0.15) is 0 Å². The molecule has 0 spiro atoms. The lowest BCUT2D eigenvalue weighted by Crippen LogP contribution is -1.94. The van der Waals surface area contributed by atoms with Crippen LogP contribution in [0.5, 0.6) is 0 Å². The van der Waals surface area contributed by atoms with E-state index in [1.807, 2.05) is 18.2 Å². The first-order valence-corrected chi connectivity index (χ1v) is 25.8. The second kappa shape index (κ2) is 19.9. The van der Waals surface area contributed by atoms with Gasteiger partial charge in [-0.2, -0.15) is 0 Å². The van der Waals surface area contributed by atoms with Gasteiger partial charge in [0.25, 0.3) is 0 Å². The van der Waals surface area contributed by atoms with Crippen molar-refractivity contribution in [1.82, 2.24) is 0 Å². The molecule has 354 valence electrons. The van der Waals surface area contributed by atoms with Crippen LogP contribution in [0.4, 0.5) is 0 Å². The van der Waals surface area contributed by atoms with Crippen LogP contribution in [-0.4, -0.2) is 0 Å². The summed E-state index contributed by atoms with van der Waals surface area (Å²) in [6.45, 7) is 0. The van der Waals surface area contributed by atoms with Gasteiger partial charge in [-0.1, -0.05) is 235 Å². The van der Waals surface area contributed by atoms with E-state index in [0.29, 0.717) is 0 Å². The van der Waals surface area contributed by atoms with Gasteiger partial charge in [-0.3, -0.25) is 0 Å². The summed E-state index contributed by atoms with van der Waals surface area (Å²) in [5.74, 6) is 30.8. The first-order valence-electron chi connectivity index (χ1n) is 25.8. The third-order valence-electron chi connectivity index (χ3n) is 14.7. The molecule has 0 fully saturated rings. The molecular formula is C78H42. The molecule has 0 saturated heterocycles. The molecule has 0 atom stereocenters. The summed E-state index contributed by atoms with van der Waals surface area (Å²) in [4.78, 5) is 0. The van der Waals surface area contributed by atoms with Gasteiger partial charge in [0.05, 0.1) is 0 Å². The number of rotatable bonds is 3. The highest BCUT2D eigenvalue weighted by atomic mass is 14.2. The minimum atomic E-state index is 0.755. The lowest BCUT2D eigenvalue weighted by Gasteiger charge is -2.15. The maximum Gasteiger partial charge on any atom is 0.0334 e. The Balaban J connectivity index is 1.04. The molecule has 0 aliphatic rings. The van der Waals surface area contributed by atoms with E-state index in [1.165, 1.54) is 0 Å². The van der Waals surface area contributed by atoms with Crippen LogP contribution < -0.4 is 0 Å². The molecule has 0 nitrogen and oxygen atoms in total. The van der Waals surface area contributed by atoms with Crippen molar-refractivity contribution in [1.29, 1.82) is 0 Å². The minimum Gasteiger partial charge on any atom is -0.115 e. The van der Waals surface area contributed by atoms with E-state index in [4.69, 9.17) is 19.3 Å². The van der Waals surface area contributed by atoms with Crippen molar-refractivity contribution in [3.63, 3.8) is 0 Å². The Bertz CT molecular complexity index is 4500. The second-order valence-electron chi connectivity index (χ2n) is 19.2. The molecule has 0 radical (unpaired) electrons. The highest BCUT2D eigenvalue weighted by Gasteiger charge is 2.19. The summed E-state index contributed by atoms with van der Waals surface area (Å²) >= 11 is 0. The van der Waals surface area contributed by atoms with Crippen LogP contribution in [0, 0.1) is 72.6 Å². The van der Waals surface area contributed by atoms with Gasteiger partial charge >= 0.3 is 0 Å². The van der Waals surface area contributed by atoms with E-state index in [2.05, 4.69) is 272 Å².